The molecule has 4 heteroatoms. The van der Waals surface area contributed by atoms with Crippen LogP contribution in [-0.4, -0.2) is 29.3 Å². The molecule has 1 aromatic carbocycles. The summed E-state index contributed by atoms with van der Waals surface area (Å²) in [6, 6.07) is 9.77. The van der Waals surface area contributed by atoms with Gasteiger partial charge in [0.15, 0.2) is 0 Å². The highest BCUT2D eigenvalue weighted by Crippen LogP contribution is 2.22. The number of nitrogens with zero attached hydrogens (tertiary/aromatic N) is 2. The van der Waals surface area contributed by atoms with Gasteiger partial charge in [-0.2, -0.15) is 0 Å². The maximum Gasteiger partial charge on any atom is 0.129 e. The summed E-state index contributed by atoms with van der Waals surface area (Å²) in [5.41, 5.74) is 7.45. The summed E-state index contributed by atoms with van der Waals surface area (Å²) < 4.78 is 0. The summed E-state index contributed by atoms with van der Waals surface area (Å²) in [5, 5.41) is 10.8. The Morgan fingerprint density at radius 1 is 1.28 bits per heavy atom. The van der Waals surface area contributed by atoms with Crippen molar-refractivity contribution >= 4 is 22.4 Å². The zero-order valence-electron chi connectivity index (χ0n) is 10.2. The number of hydrogen-bond acceptors (Lipinski definition) is 4. The molecule has 0 aliphatic carbocycles. The van der Waals surface area contributed by atoms with E-state index >= 15 is 0 Å². The standard InChI is InChI=1S/C14H17N3O/c15-11-4-5-13-10(8-11)3-6-14(16-13)17-7-1-2-12(18)9-17/h3-6,8,12,18H,1-2,7,9,15H2. The lowest BCUT2D eigenvalue weighted by molar-refractivity contribution is 0.154. The molecule has 1 aliphatic rings. The van der Waals surface area contributed by atoms with Crippen LogP contribution in [0.5, 0.6) is 0 Å². The number of pyridine rings is 1. The summed E-state index contributed by atoms with van der Waals surface area (Å²) in [7, 11) is 0. The average molecular weight is 243 g/mol. The van der Waals surface area contributed by atoms with Gasteiger partial charge in [0.05, 0.1) is 11.6 Å². The van der Waals surface area contributed by atoms with Crippen molar-refractivity contribution in [2.75, 3.05) is 23.7 Å². The molecule has 4 nitrogen and oxygen atoms in total. The predicted octanol–water partition coefficient (Wildman–Crippen LogP) is 1.78. The Balaban J connectivity index is 1.95. The van der Waals surface area contributed by atoms with Gasteiger partial charge >= 0.3 is 0 Å². The zero-order chi connectivity index (χ0) is 12.5. The second kappa shape index (κ2) is 4.46. The Morgan fingerprint density at radius 3 is 3.00 bits per heavy atom. The average Bonchev–Trinajstić information content (AvgIpc) is 2.38. The number of nitrogens with two attached hydrogens (primary N) is 1. The predicted molar refractivity (Wildman–Crippen MR) is 73.6 cm³/mol. The molecule has 2 aromatic rings. The normalized spacial score (nSPS) is 20.3. The number of aliphatic hydroxyl groups excluding tert-OH is 1. The Morgan fingerprint density at radius 2 is 2.17 bits per heavy atom. The van der Waals surface area contributed by atoms with Crippen LogP contribution in [0.1, 0.15) is 12.8 Å². The molecule has 1 atom stereocenters. The number of β-amino-alcohol motifs (C(OH)–C–C–N with tert-alkyl or cyclic N) is 1. The van der Waals surface area contributed by atoms with Crippen LogP contribution in [0.15, 0.2) is 30.3 Å². The molecule has 0 saturated carbocycles. The number of benzene rings is 1. The minimum Gasteiger partial charge on any atom is -0.399 e. The molecule has 0 radical (unpaired) electrons. The van der Waals surface area contributed by atoms with Crippen LogP contribution in [0.2, 0.25) is 0 Å². The van der Waals surface area contributed by atoms with E-state index in [1.165, 1.54) is 0 Å². The number of rotatable bonds is 1. The first kappa shape index (κ1) is 11.3. The quantitative estimate of drug-likeness (QED) is 0.749. The molecule has 0 amide bonds. The van der Waals surface area contributed by atoms with Gasteiger partial charge in [-0.15, -0.1) is 0 Å². The van der Waals surface area contributed by atoms with Gasteiger partial charge in [0, 0.05) is 24.2 Å². The second-order valence-corrected chi connectivity index (χ2v) is 4.86. The number of aliphatic hydroxyl groups is 1. The molecule has 3 rings (SSSR count). The second-order valence-electron chi connectivity index (χ2n) is 4.86. The number of hydrogen-bond donors (Lipinski definition) is 2. The number of aromatic nitrogens is 1. The molecule has 2 heterocycles. The molecule has 1 saturated heterocycles. The van der Waals surface area contributed by atoms with Gasteiger partial charge in [0.2, 0.25) is 0 Å². The minimum atomic E-state index is -0.234. The molecule has 1 unspecified atom stereocenters. The third-order valence-corrected chi connectivity index (χ3v) is 3.42. The highest BCUT2D eigenvalue weighted by molar-refractivity contribution is 5.83. The summed E-state index contributed by atoms with van der Waals surface area (Å²) in [6.07, 6.45) is 1.67. The Bertz CT molecular complexity index is 570. The van der Waals surface area contributed by atoms with E-state index in [-0.39, 0.29) is 6.10 Å². The van der Waals surface area contributed by atoms with Gasteiger partial charge in [-0.05, 0) is 43.2 Å². The van der Waals surface area contributed by atoms with Gasteiger partial charge in [0.1, 0.15) is 5.82 Å². The van der Waals surface area contributed by atoms with E-state index in [2.05, 4.69) is 9.88 Å². The molecule has 18 heavy (non-hydrogen) atoms. The smallest absolute Gasteiger partial charge is 0.129 e. The van der Waals surface area contributed by atoms with Crippen LogP contribution in [0.3, 0.4) is 0 Å². The SMILES string of the molecule is Nc1ccc2nc(N3CCCC(O)C3)ccc2c1. The Kier molecular flexibility index (Phi) is 2.80. The van der Waals surface area contributed by atoms with Crippen molar-refractivity contribution in [1.82, 2.24) is 4.98 Å². The molecule has 1 aliphatic heterocycles. The maximum atomic E-state index is 9.70. The highest BCUT2D eigenvalue weighted by Gasteiger charge is 2.18. The number of piperidine rings is 1. The summed E-state index contributed by atoms with van der Waals surface area (Å²) in [6.45, 7) is 1.64. The van der Waals surface area contributed by atoms with Gasteiger partial charge < -0.3 is 15.7 Å². The van der Waals surface area contributed by atoms with Crippen LogP contribution in [0.4, 0.5) is 11.5 Å². The van der Waals surface area contributed by atoms with Crippen molar-refractivity contribution in [3.05, 3.63) is 30.3 Å². The summed E-state index contributed by atoms with van der Waals surface area (Å²) in [5.74, 6) is 0.936. The summed E-state index contributed by atoms with van der Waals surface area (Å²) in [4.78, 5) is 6.78. The number of nitrogen functional groups attached to an aromatic ring is 1. The maximum absolute atomic E-state index is 9.70. The van der Waals surface area contributed by atoms with Crippen LogP contribution >= 0.6 is 0 Å². The zero-order valence-corrected chi connectivity index (χ0v) is 10.2. The van der Waals surface area contributed by atoms with Crippen molar-refractivity contribution in [2.24, 2.45) is 0 Å². The van der Waals surface area contributed by atoms with E-state index < -0.39 is 0 Å². The van der Waals surface area contributed by atoms with Crippen LogP contribution in [0.25, 0.3) is 10.9 Å². The molecule has 1 aromatic heterocycles. The van der Waals surface area contributed by atoms with Crippen molar-refractivity contribution in [1.29, 1.82) is 0 Å². The molecule has 0 spiro atoms. The summed E-state index contributed by atoms with van der Waals surface area (Å²) >= 11 is 0. The lowest BCUT2D eigenvalue weighted by Gasteiger charge is -2.31. The molecular formula is C14H17N3O. The molecule has 1 fully saturated rings. The van der Waals surface area contributed by atoms with Gasteiger partial charge in [-0.3, -0.25) is 0 Å². The first-order valence-corrected chi connectivity index (χ1v) is 6.32. The third-order valence-electron chi connectivity index (χ3n) is 3.42. The fourth-order valence-corrected chi connectivity index (χ4v) is 2.47. The van der Waals surface area contributed by atoms with E-state index in [1.54, 1.807) is 0 Å². The van der Waals surface area contributed by atoms with Crippen molar-refractivity contribution in [3.63, 3.8) is 0 Å². The van der Waals surface area contributed by atoms with Crippen molar-refractivity contribution in [2.45, 2.75) is 18.9 Å². The minimum absolute atomic E-state index is 0.234. The first-order valence-electron chi connectivity index (χ1n) is 6.32. The van der Waals surface area contributed by atoms with E-state index in [1.807, 2.05) is 30.3 Å². The lowest BCUT2D eigenvalue weighted by atomic mass is 10.1. The monoisotopic (exact) mass is 243 g/mol. The fraction of sp³-hybridized carbons (Fsp3) is 0.357. The van der Waals surface area contributed by atoms with Crippen molar-refractivity contribution in [3.8, 4) is 0 Å². The molecule has 0 bridgehead atoms. The largest absolute Gasteiger partial charge is 0.399 e. The fourth-order valence-electron chi connectivity index (χ4n) is 2.47. The van der Waals surface area contributed by atoms with E-state index in [4.69, 9.17) is 5.73 Å². The number of fused-ring (bicyclic) bond motifs is 1. The van der Waals surface area contributed by atoms with E-state index in [9.17, 15) is 5.11 Å². The van der Waals surface area contributed by atoms with Crippen molar-refractivity contribution < 1.29 is 5.11 Å². The van der Waals surface area contributed by atoms with Crippen LogP contribution in [0, 0.1) is 0 Å². The highest BCUT2D eigenvalue weighted by atomic mass is 16.3. The lowest BCUT2D eigenvalue weighted by Crippen LogP contribution is -2.38. The van der Waals surface area contributed by atoms with E-state index in [0.717, 1.165) is 41.8 Å². The first-order chi connectivity index (χ1) is 8.72. The molecule has 3 N–H and O–H groups in total. The molecule has 94 valence electrons. The van der Waals surface area contributed by atoms with Gasteiger partial charge in [-0.1, -0.05) is 0 Å². The van der Waals surface area contributed by atoms with Crippen LogP contribution < -0.4 is 10.6 Å². The Hall–Kier alpha value is -1.81. The topological polar surface area (TPSA) is 62.4 Å². The number of anilines is 2. The van der Waals surface area contributed by atoms with Gasteiger partial charge in [-0.25, -0.2) is 4.98 Å². The molecular weight excluding hydrogens is 226 g/mol. The van der Waals surface area contributed by atoms with Gasteiger partial charge in [0.25, 0.3) is 0 Å². The van der Waals surface area contributed by atoms with Crippen LogP contribution in [-0.2, 0) is 0 Å². The Labute approximate surface area is 106 Å². The third kappa shape index (κ3) is 2.11. The van der Waals surface area contributed by atoms with E-state index in [0.29, 0.717) is 6.54 Å².